The predicted octanol–water partition coefficient (Wildman–Crippen LogP) is 1.27. The van der Waals surface area contributed by atoms with Gasteiger partial charge in [-0.1, -0.05) is 0 Å². The number of benzene rings is 1. The summed E-state index contributed by atoms with van der Waals surface area (Å²) in [5.74, 6) is -0.236. The van der Waals surface area contributed by atoms with Crippen molar-refractivity contribution in [1.82, 2.24) is 9.80 Å². The number of nitro groups is 1. The van der Waals surface area contributed by atoms with Crippen molar-refractivity contribution in [2.75, 3.05) is 46.6 Å². The van der Waals surface area contributed by atoms with Crippen LogP contribution >= 0.6 is 0 Å². The summed E-state index contributed by atoms with van der Waals surface area (Å²) < 4.78 is 0. The lowest BCUT2D eigenvalue weighted by Crippen LogP contribution is -2.33. The Bertz CT molecular complexity index is 502. The third-order valence-electron chi connectivity index (χ3n) is 2.94. The monoisotopic (exact) mass is 280 g/mol. The maximum absolute atomic E-state index is 12.4. The molecule has 20 heavy (non-hydrogen) atoms. The van der Waals surface area contributed by atoms with E-state index in [4.69, 9.17) is 0 Å². The van der Waals surface area contributed by atoms with E-state index >= 15 is 0 Å². The van der Waals surface area contributed by atoms with E-state index in [0.29, 0.717) is 17.8 Å². The first kappa shape index (κ1) is 15.9. The van der Waals surface area contributed by atoms with Gasteiger partial charge in [-0.3, -0.25) is 14.9 Å². The molecule has 0 saturated heterocycles. The average molecular weight is 280 g/mol. The molecule has 1 aromatic carbocycles. The Labute approximate surface area is 118 Å². The molecule has 0 heterocycles. The number of anilines is 1. The lowest BCUT2D eigenvalue weighted by atomic mass is 10.1. The Hall–Kier alpha value is -2.15. The second-order valence-electron chi connectivity index (χ2n) is 4.77. The van der Waals surface area contributed by atoms with E-state index in [1.165, 1.54) is 12.1 Å². The zero-order valence-electron chi connectivity index (χ0n) is 12.2. The number of carbonyl (C=O) groups excluding carboxylic acids is 1. The fraction of sp³-hybridized carbons (Fsp3) is 0.462. The predicted molar refractivity (Wildman–Crippen MR) is 78.2 cm³/mol. The third kappa shape index (κ3) is 3.92. The van der Waals surface area contributed by atoms with E-state index in [2.05, 4.69) is 5.32 Å². The lowest BCUT2D eigenvalue weighted by molar-refractivity contribution is -0.384. The van der Waals surface area contributed by atoms with Gasteiger partial charge in [-0.15, -0.1) is 0 Å². The molecule has 0 aliphatic rings. The number of carbonyl (C=O) groups is 1. The van der Waals surface area contributed by atoms with E-state index in [1.54, 1.807) is 25.1 Å². The van der Waals surface area contributed by atoms with Crippen LogP contribution in [-0.4, -0.2) is 61.9 Å². The van der Waals surface area contributed by atoms with Gasteiger partial charge in [-0.2, -0.15) is 0 Å². The fourth-order valence-electron chi connectivity index (χ4n) is 1.70. The number of likely N-dealkylation sites (N-methyl/N-ethyl adjacent to an activating group) is 2. The normalized spacial score (nSPS) is 10.4. The second kappa shape index (κ2) is 6.85. The van der Waals surface area contributed by atoms with Gasteiger partial charge in [0.15, 0.2) is 0 Å². The number of nitrogens with zero attached hydrogens (tertiary/aromatic N) is 3. The van der Waals surface area contributed by atoms with Gasteiger partial charge in [-0.05, 0) is 20.2 Å². The van der Waals surface area contributed by atoms with E-state index in [-0.39, 0.29) is 11.6 Å². The Morgan fingerprint density at radius 2 is 1.95 bits per heavy atom. The summed E-state index contributed by atoms with van der Waals surface area (Å²) in [5, 5.41) is 13.7. The second-order valence-corrected chi connectivity index (χ2v) is 4.77. The van der Waals surface area contributed by atoms with E-state index in [9.17, 15) is 14.9 Å². The molecule has 0 aromatic heterocycles. The quantitative estimate of drug-likeness (QED) is 0.627. The van der Waals surface area contributed by atoms with Crippen molar-refractivity contribution >= 4 is 17.3 Å². The van der Waals surface area contributed by atoms with Crippen LogP contribution in [0.2, 0.25) is 0 Å². The summed E-state index contributed by atoms with van der Waals surface area (Å²) in [6.07, 6.45) is 0. The van der Waals surface area contributed by atoms with E-state index < -0.39 is 4.92 Å². The molecule has 110 valence electrons. The van der Waals surface area contributed by atoms with Gasteiger partial charge in [0.2, 0.25) is 0 Å². The van der Waals surface area contributed by atoms with Crippen LogP contribution in [0.1, 0.15) is 10.4 Å². The largest absolute Gasteiger partial charge is 0.387 e. The molecule has 0 spiro atoms. The zero-order valence-corrected chi connectivity index (χ0v) is 12.2. The zero-order chi connectivity index (χ0) is 15.3. The van der Waals surface area contributed by atoms with Crippen LogP contribution in [0.15, 0.2) is 18.2 Å². The smallest absolute Gasteiger partial charge is 0.270 e. The van der Waals surface area contributed by atoms with Crippen LogP contribution in [-0.2, 0) is 0 Å². The molecule has 1 aromatic rings. The third-order valence-corrected chi connectivity index (χ3v) is 2.94. The molecular weight excluding hydrogens is 260 g/mol. The molecule has 0 unspecified atom stereocenters. The van der Waals surface area contributed by atoms with Gasteiger partial charge < -0.3 is 15.1 Å². The number of amides is 1. The SMILES string of the molecule is CNc1ccc([N+](=O)[O-])cc1C(=O)N(C)CCN(C)C. The van der Waals surface area contributed by atoms with Crippen molar-refractivity contribution in [2.24, 2.45) is 0 Å². The molecule has 1 rings (SSSR count). The van der Waals surface area contributed by atoms with Gasteiger partial charge in [-0.25, -0.2) is 0 Å². The molecule has 0 atom stereocenters. The number of nitro benzene ring substituents is 1. The maximum atomic E-state index is 12.4. The number of rotatable bonds is 6. The number of non-ortho nitro benzene ring substituents is 1. The number of nitrogens with one attached hydrogen (secondary N) is 1. The summed E-state index contributed by atoms with van der Waals surface area (Å²) in [6, 6.07) is 4.23. The molecule has 1 amide bonds. The van der Waals surface area contributed by atoms with Gasteiger partial charge in [0.25, 0.3) is 11.6 Å². The summed E-state index contributed by atoms with van der Waals surface area (Å²) in [5.41, 5.74) is 0.800. The van der Waals surface area contributed by atoms with Crippen LogP contribution in [0.5, 0.6) is 0 Å². The van der Waals surface area contributed by atoms with Gasteiger partial charge in [0.05, 0.1) is 10.5 Å². The first-order valence-electron chi connectivity index (χ1n) is 6.23. The molecular formula is C13H20N4O3. The van der Waals surface area contributed by atoms with Crippen molar-refractivity contribution in [3.8, 4) is 0 Å². The standard InChI is InChI=1S/C13H20N4O3/c1-14-12-6-5-10(17(19)20)9-11(12)13(18)16(4)8-7-15(2)3/h5-6,9,14H,7-8H2,1-4H3. The van der Waals surface area contributed by atoms with Crippen LogP contribution < -0.4 is 5.32 Å². The molecule has 7 heteroatoms. The Morgan fingerprint density at radius 3 is 2.45 bits per heavy atom. The van der Waals surface area contributed by atoms with Crippen molar-refractivity contribution in [2.45, 2.75) is 0 Å². The molecule has 0 bridgehead atoms. The van der Waals surface area contributed by atoms with Crippen LogP contribution in [0.3, 0.4) is 0 Å². The van der Waals surface area contributed by atoms with Crippen LogP contribution in [0, 0.1) is 10.1 Å². The fourth-order valence-corrected chi connectivity index (χ4v) is 1.70. The molecule has 7 nitrogen and oxygen atoms in total. The summed E-state index contributed by atoms with van der Waals surface area (Å²) in [4.78, 5) is 26.2. The van der Waals surface area contributed by atoms with Gasteiger partial charge >= 0.3 is 0 Å². The average Bonchev–Trinajstić information content (AvgIpc) is 2.42. The first-order valence-corrected chi connectivity index (χ1v) is 6.23. The maximum Gasteiger partial charge on any atom is 0.270 e. The molecule has 0 fully saturated rings. The Kier molecular flexibility index (Phi) is 5.45. The van der Waals surface area contributed by atoms with Crippen molar-refractivity contribution in [3.05, 3.63) is 33.9 Å². The first-order chi connectivity index (χ1) is 9.36. The molecule has 0 aliphatic heterocycles. The highest BCUT2D eigenvalue weighted by atomic mass is 16.6. The molecule has 0 aliphatic carbocycles. The molecule has 0 radical (unpaired) electrons. The topological polar surface area (TPSA) is 78.7 Å². The van der Waals surface area contributed by atoms with Gasteiger partial charge in [0.1, 0.15) is 0 Å². The van der Waals surface area contributed by atoms with Crippen LogP contribution in [0.4, 0.5) is 11.4 Å². The van der Waals surface area contributed by atoms with E-state index in [1.807, 2.05) is 19.0 Å². The number of hydrogen-bond acceptors (Lipinski definition) is 5. The Balaban J connectivity index is 3.00. The minimum Gasteiger partial charge on any atom is -0.387 e. The van der Waals surface area contributed by atoms with Gasteiger partial charge in [0, 0.05) is 45.0 Å². The summed E-state index contributed by atoms with van der Waals surface area (Å²) in [6.45, 7) is 1.28. The highest BCUT2D eigenvalue weighted by Gasteiger charge is 2.19. The molecule has 0 saturated carbocycles. The van der Waals surface area contributed by atoms with Crippen molar-refractivity contribution < 1.29 is 9.72 Å². The molecule has 1 N–H and O–H groups in total. The highest BCUT2D eigenvalue weighted by molar-refractivity contribution is 6.00. The number of hydrogen-bond donors (Lipinski definition) is 1. The van der Waals surface area contributed by atoms with Crippen molar-refractivity contribution in [3.63, 3.8) is 0 Å². The summed E-state index contributed by atoms with van der Waals surface area (Å²) >= 11 is 0. The lowest BCUT2D eigenvalue weighted by Gasteiger charge is -2.20. The highest BCUT2D eigenvalue weighted by Crippen LogP contribution is 2.22. The summed E-state index contributed by atoms with van der Waals surface area (Å²) in [7, 11) is 7.21. The minimum absolute atomic E-state index is 0.0895. The van der Waals surface area contributed by atoms with Crippen LogP contribution in [0.25, 0.3) is 0 Å². The minimum atomic E-state index is -0.504. The van der Waals surface area contributed by atoms with Crippen molar-refractivity contribution in [1.29, 1.82) is 0 Å². The Morgan fingerprint density at radius 1 is 1.30 bits per heavy atom. The van der Waals surface area contributed by atoms with E-state index in [0.717, 1.165) is 6.54 Å².